The van der Waals surface area contributed by atoms with Crippen LogP contribution >= 0.6 is 0 Å². The van der Waals surface area contributed by atoms with E-state index in [1.807, 2.05) is 0 Å². The van der Waals surface area contributed by atoms with Crippen molar-refractivity contribution in [1.82, 2.24) is 10.2 Å². The Bertz CT molecular complexity index is 266. The Morgan fingerprint density at radius 2 is 1.67 bits per heavy atom. The van der Waals surface area contributed by atoms with E-state index < -0.39 is 0 Å². The zero-order valence-corrected chi connectivity index (χ0v) is 12.9. The molecule has 1 saturated carbocycles. The van der Waals surface area contributed by atoms with E-state index in [9.17, 15) is 0 Å². The lowest BCUT2D eigenvalue weighted by Gasteiger charge is -2.56. The summed E-state index contributed by atoms with van der Waals surface area (Å²) in [5.74, 6) is 0. The summed E-state index contributed by atoms with van der Waals surface area (Å²) in [6.45, 7) is 11.9. The quantitative estimate of drug-likeness (QED) is 0.823. The predicted molar refractivity (Wildman–Crippen MR) is 79.0 cm³/mol. The molecule has 2 fully saturated rings. The molecule has 1 heterocycles. The SMILES string of the molecule is CCC1(C)CN(C2CCCC2)C(CC)(CC)CN1. The van der Waals surface area contributed by atoms with Gasteiger partial charge < -0.3 is 5.32 Å². The number of nitrogens with one attached hydrogen (secondary N) is 1. The van der Waals surface area contributed by atoms with Crippen LogP contribution in [0.1, 0.15) is 72.6 Å². The molecular formula is C16H32N2. The van der Waals surface area contributed by atoms with E-state index >= 15 is 0 Å². The number of piperazine rings is 1. The van der Waals surface area contributed by atoms with Crippen molar-refractivity contribution >= 4 is 0 Å². The lowest BCUT2D eigenvalue weighted by atomic mass is 9.81. The molecule has 0 aromatic heterocycles. The van der Waals surface area contributed by atoms with Crippen molar-refractivity contribution in [3.63, 3.8) is 0 Å². The van der Waals surface area contributed by atoms with Crippen molar-refractivity contribution in [1.29, 1.82) is 0 Å². The summed E-state index contributed by atoms with van der Waals surface area (Å²) in [5, 5.41) is 3.85. The van der Waals surface area contributed by atoms with E-state index in [1.165, 1.54) is 58.0 Å². The first-order valence-electron chi connectivity index (χ1n) is 8.11. The second kappa shape index (κ2) is 5.50. The fraction of sp³-hybridized carbons (Fsp3) is 1.00. The Hall–Kier alpha value is -0.0800. The van der Waals surface area contributed by atoms with Gasteiger partial charge in [-0.15, -0.1) is 0 Å². The monoisotopic (exact) mass is 252 g/mol. The third-order valence-corrected chi connectivity index (χ3v) is 5.83. The van der Waals surface area contributed by atoms with Crippen LogP contribution in [-0.2, 0) is 0 Å². The Morgan fingerprint density at radius 3 is 2.17 bits per heavy atom. The molecule has 2 aliphatic rings. The van der Waals surface area contributed by atoms with Crippen LogP contribution in [0.3, 0.4) is 0 Å². The molecule has 1 aliphatic heterocycles. The van der Waals surface area contributed by atoms with Crippen molar-refractivity contribution in [2.45, 2.75) is 89.8 Å². The van der Waals surface area contributed by atoms with E-state index in [0.29, 0.717) is 11.1 Å². The minimum atomic E-state index is 0.330. The normalized spacial score (nSPS) is 34.0. The summed E-state index contributed by atoms with van der Waals surface area (Å²) >= 11 is 0. The smallest absolute Gasteiger partial charge is 0.0332 e. The average molecular weight is 252 g/mol. The van der Waals surface area contributed by atoms with Gasteiger partial charge in [0.15, 0.2) is 0 Å². The van der Waals surface area contributed by atoms with E-state index in [2.05, 4.69) is 37.9 Å². The van der Waals surface area contributed by atoms with Crippen LogP contribution in [0.4, 0.5) is 0 Å². The van der Waals surface area contributed by atoms with Crippen LogP contribution in [0.25, 0.3) is 0 Å². The Labute approximate surface area is 114 Å². The molecule has 0 radical (unpaired) electrons. The van der Waals surface area contributed by atoms with Crippen molar-refractivity contribution in [3.8, 4) is 0 Å². The third kappa shape index (κ3) is 2.46. The average Bonchev–Trinajstić information content (AvgIpc) is 2.93. The van der Waals surface area contributed by atoms with E-state index in [1.54, 1.807) is 0 Å². The molecule has 2 nitrogen and oxygen atoms in total. The second-order valence-corrected chi connectivity index (χ2v) is 6.77. The van der Waals surface area contributed by atoms with Crippen LogP contribution in [-0.4, -0.2) is 35.1 Å². The minimum Gasteiger partial charge on any atom is -0.308 e. The topological polar surface area (TPSA) is 15.3 Å². The van der Waals surface area contributed by atoms with Gasteiger partial charge in [-0.1, -0.05) is 33.6 Å². The Morgan fingerprint density at radius 1 is 1.06 bits per heavy atom. The first kappa shape index (κ1) is 14.3. The van der Waals surface area contributed by atoms with Crippen LogP contribution < -0.4 is 5.32 Å². The van der Waals surface area contributed by atoms with Crippen molar-refractivity contribution in [3.05, 3.63) is 0 Å². The predicted octanol–water partition coefficient (Wildman–Crippen LogP) is 3.56. The van der Waals surface area contributed by atoms with Crippen molar-refractivity contribution < 1.29 is 0 Å². The molecule has 106 valence electrons. The van der Waals surface area contributed by atoms with Gasteiger partial charge in [0.25, 0.3) is 0 Å². The highest BCUT2D eigenvalue weighted by molar-refractivity contribution is 5.04. The number of rotatable bonds is 4. The lowest BCUT2D eigenvalue weighted by Crippen LogP contribution is -2.70. The highest BCUT2D eigenvalue weighted by Gasteiger charge is 2.45. The summed E-state index contributed by atoms with van der Waals surface area (Å²) in [7, 11) is 0. The molecule has 1 N–H and O–H groups in total. The Balaban J connectivity index is 2.20. The van der Waals surface area contributed by atoms with E-state index in [4.69, 9.17) is 0 Å². The van der Waals surface area contributed by atoms with Gasteiger partial charge >= 0.3 is 0 Å². The maximum absolute atomic E-state index is 3.85. The van der Waals surface area contributed by atoms with Gasteiger partial charge in [0.05, 0.1) is 0 Å². The number of nitrogens with zero attached hydrogens (tertiary/aromatic N) is 1. The molecular weight excluding hydrogens is 220 g/mol. The third-order valence-electron chi connectivity index (χ3n) is 5.83. The molecule has 2 heteroatoms. The maximum Gasteiger partial charge on any atom is 0.0332 e. The fourth-order valence-corrected chi connectivity index (χ4v) is 3.95. The highest BCUT2D eigenvalue weighted by Crippen LogP contribution is 2.37. The van der Waals surface area contributed by atoms with E-state index in [0.717, 1.165) is 6.04 Å². The largest absolute Gasteiger partial charge is 0.308 e. The van der Waals surface area contributed by atoms with Gasteiger partial charge in [-0.3, -0.25) is 4.90 Å². The molecule has 0 bridgehead atoms. The maximum atomic E-state index is 3.85. The molecule has 1 atom stereocenters. The second-order valence-electron chi connectivity index (χ2n) is 6.77. The zero-order chi connectivity index (χ0) is 13.2. The van der Waals surface area contributed by atoms with Gasteiger partial charge in [0, 0.05) is 30.2 Å². The van der Waals surface area contributed by atoms with E-state index in [-0.39, 0.29) is 0 Å². The zero-order valence-electron chi connectivity index (χ0n) is 12.9. The number of hydrogen-bond acceptors (Lipinski definition) is 2. The molecule has 1 aliphatic carbocycles. The molecule has 0 aromatic carbocycles. The van der Waals surface area contributed by atoms with Gasteiger partial charge in [0.2, 0.25) is 0 Å². The molecule has 1 saturated heterocycles. The molecule has 0 spiro atoms. The van der Waals surface area contributed by atoms with Gasteiger partial charge in [-0.25, -0.2) is 0 Å². The Kier molecular flexibility index (Phi) is 4.38. The highest BCUT2D eigenvalue weighted by atomic mass is 15.3. The minimum absolute atomic E-state index is 0.330. The summed E-state index contributed by atoms with van der Waals surface area (Å²) in [6.07, 6.45) is 9.56. The van der Waals surface area contributed by atoms with Crippen LogP contribution in [0.5, 0.6) is 0 Å². The van der Waals surface area contributed by atoms with Crippen LogP contribution in [0, 0.1) is 0 Å². The standard InChI is InChI=1S/C16H32N2/c1-5-15(4)13-18(14-10-8-9-11-14)16(6-2,7-3)12-17-15/h14,17H,5-13H2,1-4H3. The summed E-state index contributed by atoms with van der Waals surface area (Å²) in [5.41, 5.74) is 0.750. The van der Waals surface area contributed by atoms with Crippen LogP contribution in [0.2, 0.25) is 0 Å². The van der Waals surface area contributed by atoms with Gasteiger partial charge in [0.1, 0.15) is 0 Å². The van der Waals surface area contributed by atoms with Gasteiger partial charge in [-0.2, -0.15) is 0 Å². The molecule has 2 rings (SSSR count). The first-order chi connectivity index (χ1) is 8.59. The molecule has 0 aromatic rings. The van der Waals surface area contributed by atoms with Crippen LogP contribution in [0.15, 0.2) is 0 Å². The van der Waals surface area contributed by atoms with Crippen molar-refractivity contribution in [2.24, 2.45) is 0 Å². The van der Waals surface area contributed by atoms with Crippen molar-refractivity contribution in [2.75, 3.05) is 13.1 Å². The molecule has 0 amide bonds. The first-order valence-corrected chi connectivity index (χ1v) is 8.11. The van der Waals surface area contributed by atoms with Gasteiger partial charge in [-0.05, 0) is 39.0 Å². The summed E-state index contributed by atoms with van der Waals surface area (Å²) in [4.78, 5) is 2.90. The lowest BCUT2D eigenvalue weighted by molar-refractivity contribution is -0.0278. The number of hydrogen-bond donors (Lipinski definition) is 1. The summed E-state index contributed by atoms with van der Waals surface area (Å²) < 4.78 is 0. The fourth-order valence-electron chi connectivity index (χ4n) is 3.95. The summed E-state index contributed by atoms with van der Waals surface area (Å²) in [6, 6.07) is 0.859. The molecule has 18 heavy (non-hydrogen) atoms. The molecule has 1 unspecified atom stereocenters.